The Morgan fingerprint density at radius 3 is 2.50 bits per heavy atom. The van der Waals surface area contributed by atoms with Crippen molar-refractivity contribution < 1.29 is 13.9 Å². The van der Waals surface area contributed by atoms with Crippen molar-refractivity contribution in [1.82, 2.24) is 4.90 Å². The van der Waals surface area contributed by atoms with E-state index in [0.29, 0.717) is 5.75 Å². The van der Waals surface area contributed by atoms with Crippen molar-refractivity contribution in [3.63, 3.8) is 0 Å². The number of benzene rings is 2. The van der Waals surface area contributed by atoms with Gasteiger partial charge >= 0.3 is 0 Å². The van der Waals surface area contributed by atoms with Gasteiger partial charge in [0.2, 0.25) is 0 Å². The highest BCUT2D eigenvalue weighted by molar-refractivity contribution is 5.78. The summed E-state index contributed by atoms with van der Waals surface area (Å²) in [6.45, 7) is 4.89. The molecule has 1 fully saturated rings. The van der Waals surface area contributed by atoms with Gasteiger partial charge in [-0.05, 0) is 56.5 Å². The molecular weight excluding hydrogens is 305 g/mol. The Hall–Kier alpha value is -2.36. The van der Waals surface area contributed by atoms with Crippen molar-refractivity contribution in [3.05, 3.63) is 65.0 Å². The van der Waals surface area contributed by atoms with E-state index in [2.05, 4.69) is 32.0 Å². The fraction of sp³-hybridized carbons (Fsp3) is 0.350. The molecule has 1 heterocycles. The number of hydrogen-bond acceptors (Lipinski definition) is 2. The van der Waals surface area contributed by atoms with Gasteiger partial charge in [-0.25, -0.2) is 4.39 Å². The molecule has 1 amide bonds. The van der Waals surface area contributed by atoms with Crippen molar-refractivity contribution >= 4 is 5.91 Å². The Bertz CT molecular complexity index is 707. The normalized spacial score (nSPS) is 17.1. The van der Waals surface area contributed by atoms with Gasteiger partial charge in [-0.3, -0.25) is 4.79 Å². The molecule has 1 aliphatic rings. The predicted octanol–water partition coefficient (Wildman–Crippen LogP) is 4.19. The van der Waals surface area contributed by atoms with Gasteiger partial charge in [-0.2, -0.15) is 0 Å². The van der Waals surface area contributed by atoms with Crippen LogP contribution < -0.4 is 4.74 Å². The first-order valence-electron chi connectivity index (χ1n) is 8.29. The number of hydrogen-bond donors (Lipinski definition) is 0. The van der Waals surface area contributed by atoms with Gasteiger partial charge in [-0.15, -0.1) is 0 Å². The van der Waals surface area contributed by atoms with Gasteiger partial charge in [-0.1, -0.05) is 29.3 Å². The van der Waals surface area contributed by atoms with Gasteiger partial charge in [0, 0.05) is 6.54 Å². The molecule has 2 aromatic carbocycles. The minimum absolute atomic E-state index is 0.0209. The molecule has 24 heavy (non-hydrogen) atoms. The molecule has 0 bridgehead atoms. The lowest BCUT2D eigenvalue weighted by atomic mass is 9.99. The van der Waals surface area contributed by atoms with Crippen LogP contribution in [0.5, 0.6) is 5.75 Å². The number of rotatable bonds is 4. The molecule has 1 saturated heterocycles. The summed E-state index contributed by atoms with van der Waals surface area (Å²) in [7, 11) is 0. The second-order valence-electron chi connectivity index (χ2n) is 6.41. The highest BCUT2D eigenvalue weighted by Crippen LogP contribution is 2.33. The highest BCUT2D eigenvalue weighted by atomic mass is 19.1. The van der Waals surface area contributed by atoms with Crippen LogP contribution in [0.3, 0.4) is 0 Å². The van der Waals surface area contributed by atoms with Gasteiger partial charge in [0.15, 0.2) is 6.61 Å². The molecule has 0 spiro atoms. The summed E-state index contributed by atoms with van der Waals surface area (Å²) in [4.78, 5) is 14.5. The molecule has 0 N–H and O–H groups in total. The third-order valence-corrected chi connectivity index (χ3v) is 4.38. The van der Waals surface area contributed by atoms with Crippen molar-refractivity contribution in [2.45, 2.75) is 32.7 Å². The Labute approximate surface area is 142 Å². The summed E-state index contributed by atoms with van der Waals surface area (Å²) < 4.78 is 18.4. The van der Waals surface area contributed by atoms with E-state index in [1.165, 1.54) is 41.0 Å². The minimum Gasteiger partial charge on any atom is -0.484 e. The van der Waals surface area contributed by atoms with E-state index >= 15 is 0 Å². The number of likely N-dealkylation sites (tertiary alicyclic amines) is 1. The zero-order chi connectivity index (χ0) is 17.1. The standard InChI is InChI=1S/C20H22FNO2/c1-14-10-15(2)12-16(11-14)19-4-3-9-22(19)20(23)13-24-18-7-5-17(21)6-8-18/h5-8,10-12,19H,3-4,9,13H2,1-2H3. The molecule has 1 aliphatic heterocycles. The fourth-order valence-electron chi connectivity index (χ4n) is 3.37. The molecular formula is C20H22FNO2. The smallest absolute Gasteiger partial charge is 0.261 e. The molecule has 0 radical (unpaired) electrons. The van der Waals surface area contributed by atoms with E-state index in [1.54, 1.807) is 0 Å². The van der Waals surface area contributed by atoms with Gasteiger partial charge < -0.3 is 9.64 Å². The largest absolute Gasteiger partial charge is 0.484 e. The van der Waals surface area contributed by atoms with Crippen LogP contribution in [0.4, 0.5) is 4.39 Å². The monoisotopic (exact) mass is 327 g/mol. The summed E-state index contributed by atoms with van der Waals surface area (Å²) in [6.07, 6.45) is 1.98. The van der Waals surface area contributed by atoms with Crippen LogP contribution in [-0.2, 0) is 4.79 Å². The zero-order valence-electron chi connectivity index (χ0n) is 14.1. The van der Waals surface area contributed by atoms with Crippen molar-refractivity contribution in [3.8, 4) is 5.75 Å². The molecule has 126 valence electrons. The first-order valence-corrected chi connectivity index (χ1v) is 8.29. The topological polar surface area (TPSA) is 29.5 Å². The van der Waals surface area contributed by atoms with Gasteiger partial charge in [0.25, 0.3) is 5.91 Å². The minimum atomic E-state index is -0.317. The van der Waals surface area contributed by atoms with E-state index in [9.17, 15) is 9.18 Å². The highest BCUT2D eigenvalue weighted by Gasteiger charge is 2.30. The number of carbonyl (C=O) groups excluding carboxylic acids is 1. The molecule has 0 saturated carbocycles. The quantitative estimate of drug-likeness (QED) is 0.843. The Balaban J connectivity index is 1.68. The summed E-state index contributed by atoms with van der Waals surface area (Å²) in [5.74, 6) is 0.163. The maximum Gasteiger partial charge on any atom is 0.261 e. The Morgan fingerprint density at radius 2 is 1.83 bits per heavy atom. The van der Waals surface area contributed by atoms with E-state index in [1.807, 2.05) is 4.90 Å². The molecule has 0 aromatic heterocycles. The third-order valence-electron chi connectivity index (χ3n) is 4.38. The first-order chi connectivity index (χ1) is 11.5. The maximum absolute atomic E-state index is 12.9. The summed E-state index contributed by atoms with van der Waals surface area (Å²) >= 11 is 0. The van der Waals surface area contributed by atoms with Crippen molar-refractivity contribution in [2.24, 2.45) is 0 Å². The van der Waals surface area contributed by atoms with Crippen LogP contribution in [0.25, 0.3) is 0 Å². The predicted molar refractivity (Wildman–Crippen MR) is 91.5 cm³/mol. The van der Waals surface area contributed by atoms with Crippen molar-refractivity contribution in [2.75, 3.05) is 13.2 Å². The number of ether oxygens (including phenoxy) is 1. The van der Waals surface area contributed by atoms with E-state index in [-0.39, 0.29) is 24.4 Å². The molecule has 2 aromatic rings. The lowest BCUT2D eigenvalue weighted by molar-refractivity contribution is -0.134. The van der Waals surface area contributed by atoms with Gasteiger partial charge in [0.05, 0.1) is 6.04 Å². The van der Waals surface area contributed by atoms with Crippen LogP contribution in [0, 0.1) is 19.7 Å². The van der Waals surface area contributed by atoms with Crippen LogP contribution >= 0.6 is 0 Å². The number of aryl methyl sites for hydroxylation is 2. The maximum atomic E-state index is 12.9. The second-order valence-corrected chi connectivity index (χ2v) is 6.41. The average molecular weight is 327 g/mol. The summed E-state index contributed by atoms with van der Waals surface area (Å²) in [5.41, 5.74) is 3.62. The molecule has 3 nitrogen and oxygen atoms in total. The number of halogens is 1. The lowest BCUT2D eigenvalue weighted by Crippen LogP contribution is -2.34. The van der Waals surface area contributed by atoms with Crippen LogP contribution in [0.1, 0.15) is 35.6 Å². The van der Waals surface area contributed by atoms with Gasteiger partial charge in [0.1, 0.15) is 11.6 Å². The van der Waals surface area contributed by atoms with Crippen LogP contribution in [0.15, 0.2) is 42.5 Å². The third kappa shape index (κ3) is 3.75. The summed E-state index contributed by atoms with van der Waals surface area (Å²) in [5, 5.41) is 0. The lowest BCUT2D eigenvalue weighted by Gasteiger charge is -2.25. The number of nitrogens with zero attached hydrogens (tertiary/aromatic N) is 1. The molecule has 4 heteroatoms. The zero-order valence-corrected chi connectivity index (χ0v) is 14.1. The van der Waals surface area contributed by atoms with E-state index in [0.717, 1.165) is 19.4 Å². The average Bonchev–Trinajstić information content (AvgIpc) is 3.03. The molecule has 3 rings (SSSR count). The molecule has 1 atom stereocenters. The molecule has 1 unspecified atom stereocenters. The van der Waals surface area contributed by atoms with Crippen molar-refractivity contribution in [1.29, 1.82) is 0 Å². The molecule has 0 aliphatic carbocycles. The van der Waals surface area contributed by atoms with Crippen LogP contribution in [-0.4, -0.2) is 24.0 Å². The van der Waals surface area contributed by atoms with E-state index in [4.69, 9.17) is 4.74 Å². The summed E-state index contributed by atoms with van der Waals surface area (Å²) in [6, 6.07) is 12.3. The number of amides is 1. The first kappa shape index (κ1) is 16.5. The van der Waals surface area contributed by atoms with E-state index < -0.39 is 0 Å². The Morgan fingerprint density at radius 1 is 1.17 bits per heavy atom. The second kappa shape index (κ2) is 7.04. The Kier molecular flexibility index (Phi) is 4.84. The number of carbonyl (C=O) groups is 1. The SMILES string of the molecule is Cc1cc(C)cc(C2CCCN2C(=O)COc2ccc(F)cc2)c1. The fourth-order valence-corrected chi connectivity index (χ4v) is 3.37. The van der Waals surface area contributed by atoms with Crippen LogP contribution in [0.2, 0.25) is 0 Å².